The second-order valence-corrected chi connectivity index (χ2v) is 9.62. The van der Waals surface area contributed by atoms with Crippen LogP contribution in [0.2, 0.25) is 0 Å². The third kappa shape index (κ3) is 5.93. The van der Waals surface area contributed by atoms with E-state index in [1.54, 1.807) is 17.0 Å². The van der Waals surface area contributed by atoms with Gasteiger partial charge in [-0.25, -0.2) is 0 Å². The summed E-state index contributed by atoms with van der Waals surface area (Å²) in [7, 11) is 0. The summed E-state index contributed by atoms with van der Waals surface area (Å²) < 4.78 is 5.86. The second-order valence-electron chi connectivity index (χ2n) is 9.62. The molecular weight excluding hydrogens is 440 g/mol. The first-order valence-corrected chi connectivity index (χ1v) is 12.5. The topological polar surface area (TPSA) is 70.1 Å². The van der Waals surface area contributed by atoms with Crippen molar-refractivity contribution in [3.63, 3.8) is 0 Å². The zero-order valence-electron chi connectivity index (χ0n) is 21.8. The van der Waals surface area contributed by atoms with Crippen molar-refractivity contribution >= 4 is 17.4 Å². The number of carbonyl (C=O) groups excluding carboxylic acids is 2. The number of aryl methyl sites for hydroxylation is 2. The summed E-state index contributed by atoms with van der Waals surface area (Å²) in [6.07, 6.45) is 0. The average Bonchev–Trinajstić information content (AvgIpc) is 3.08. The molecule has 1 fully saturated rings. The third-order valence-corrected chi connectivity index (χ3v) is 6.51. The highest BCUT2D eigenvalue weighted by molar-refractivity contribution is 6.46. The van der Waals surface area contributed by atoms with Crippen molar-refractivity contribution in [1.82, 2.24) is 9.80 Å². The number of likely N-dealkylation sites (N-methyl/N-ethyl adjacent to an activating group) is 1. The number of aliphatic hydroxyl groups is 1. The van der Waals surface area contributed by atoms with Crippen LogP contribution in [0, 0.1) is 19.8 Å². The number of hydrogen-bond acceptors (Lipinski definition) is 5. The van der Waals surface area contributed by atoms with Gasteiger partial charge in [0.25, 0.3) is 11.7 Å². The van der Waals surface area contributed by atoms with Crippen LogP contribution in [0.5, 0.6) is 5.75 Å². The van der Waals surface area contributed by atoms with E-state index >= 15 is 0 Å². The highest BCUT2D eigenvalue weighted by atomic mass is 16.5. The summed E-state index contributed by atoms with van der Waals surface area (Å²) >= 11 is 0. The van der Waals surface area contributed by atoms with E-state index in [2.05, 4.69) is 32.6 Å². The van der Waals surface area contributed by atoms with Gasteiger partial charge in [0.2, 0.25) is 0 Å². The van der Waals surface area contributed by atoms with E-state index in [0.717, 1.165) is 35.5 Å². The van der Waals surface area contributed by atoms with E-state index in [1.165, 1.54) is 0 Å². The number of nitrogens with zero attached hydrogens (tertiary/aromatic N) is 2. The van der Waals surface area contributed by atoms with E-state index in [-0.39, 0.29) is 11.3 Å². The van der Waals surface area contributed by atoms with Gasteiger partial charge in [0.05, 0.1) is 18.2 Å². The summed E-state index contributed by atoms with van der Waals surface area (Å²) in [5.41, 5.74) is 3.38. The normalized spacial score (nSPS) is 17.6. The van der Waals surface area contributed by atoms with Gasteiger partial charge in [0, 0.05) is 18.7 Å². The van der Waals surface area contributed by atoms with Gasteiger partial charge in [0.1, 0.15) is 11.5 Å². The third-order valence-electron chi connectivity index (χ3n) is 6.51. The molecule has 1 saturated heterocycles. The molecule has 188 valence electrons. The molecule has 1 amide bonds. The number of amides is 1. The molecule has 1 heterocycles. The molecular formula is C29H38N2O4. The van der Waals surface area contributed by atoms with Gasteiger partial charge in [-0.15, -0.1) is 0 Å². The van der Waals surface area contributed by atoms with Crippen LogP contribution < -0.4 is 4.74 Å². The fraction of sp³-hybridized carbons (Fsp3) is 0.448. The summed E-state index contributed by atoms with van der Waals surface area (Å²) in [6, 6.07) is 12.5. The first-order chi connectivity index (χ1) is 16.7. The molecule has 0 bridgehead atoms. The molecule has 0 spiro atoms. The van der Waals surface area contributed by atoms with Gasteiger partial charge in [0.15, 0.2) is 0 Å². The Bertz CT molecular complexity index is 1080. The number of benzene rings is 2. The van der Waals surface area contributed by atoms with E-state index < -0.39 is 17.7 Å². The predicted molar refractivity (Wildman–Crippen MR) is 139 cm³/mol. The first kappa shape index (κ1) is 26.5. The maximum atomic E-state index is 13.2. The molecule has 1 aliphatic heterocycles. The minimum Gasteiger partial charge on any atom is -0.507 e. The van der Waals surface area contributed by atoms with Crippen molar-refractivity contribution in [1.29, 1.82) is 0 Å². The van der Waals surface area contributed by atoms with Crippen LogP contribution in [0.4, 0.5) is 0 Å². The number of likely N-dealkylation sites (tertiary alicyclic amines) is 1. The molecule has 2 aromatic rings. The zero-order chi connectivity index (χ0) is 25.7. The Kier molecular flexibility index (Phi) is 8.73. The van der Waals surface area contributed by atoms with Crippen molar-refractivity contribution in [3.05, 3.63) is 70.3 Å². The van der Waals surface area contributed by atoms with Crippen LogP contribution >= 0.6 is 0 Å². The molecule has 3 rings (SSSR count). The standard InChI is InChI=1S/C29H38N2O4/c1-7-30(8-2)15-16-31-26(22-11-9-20(5)10-12-22)25(28(33)29(31)34)27(32)23-13-14-24(21(6)17-23)35-18-19(3)4/h9-14,17,19,26,32H,7-8,15-16,18H2,1-6H3/b27-25+/t26-/m1/s1. The number of ether oxygens (including phenoxy) is 1. The molecule has 35 heavy (non-hydrogen) atoms. The number of rotatable bonds is 10. The van der Waals surface area contributed by atoms with Gasteiger partial charge >= 0.3 is 0 Å². The summed E-state index contributed by atoms with van der Waals surface area (Å²) in [5, 5.41) is 11.3. The van der Waals surface area contributed by atoms with Crippen molar-refractivity contribution < 1.29 is 19.4 Å². The molecule has 6 nitrogen and oxygen atoms in total. The molecule has 0 aromatic heterocycles. The number of ketones is 1. The van der Waals surface area contributed by atoms with Crippen LogP contribution in [0.25, 0.3) is 5.76 Å². The smallest absolute Gasteiger partial charge is 0.295 e. The molecule has 0 saturated carbocycles. The maximum Gasteiger partial charge on any atom is 0.295 e. The molecule has 0 unspecified atom stereocenters. The average molecular weight is 479 g/mol. The lowest BCUT2D eigenvalue weighted by Gasteiger charge is -2.28. The van der Waals surface area contributed by atoms with Crippen LogP contribution in [-0.4, -0.2) is 59.4 Å². The number of Topliss-reactive ketones (excluding diaryl/α,β-unsaturated/α-hetero) is 1. The summed E-state index contributed by atoms with van der Waals surface area (Å²) in [4.78, 5) is 30.2. The van der Waals surface area contributed by atoms with E-state index in [4.69, 9.17) is 4.74 Å². The maximum absolute atomic E-state index is 13.2. The molecule has 1 aliphatic rings. The highest BCUT2D eigenvalue weighted by Gasteiger charge is 2.45. The van der Waals surface area contributed by atoms with E-state index in [0.29, 0.717) is 31.2 Å². The predicted octanol–water partition coefficient (Wildman–Crippen LogP) is 5.10. The fourth-order valence-electron chi connectivity index (χ4n) is 4.37. The van der Waals surface area contributed by atoms with Crippen LogP contribution in [0.3, 0.4) is 0 Å². The summed E-state index contributed by atoms with van der Waals surface area (Å²) in [6.45, 7) is 15.6. The number of carbonyl (C=O) groups is 2. The lowest BCUT2D eigenvalue weighted by Crippen LogP contribution is -2.38. The Balaban J connectivity index is 2.04. The van der Waals surface area contributed by atoms with Gasteiger partial charge < -0.3 is 19.6 Å². The van der Waals surface area contributed by atoms with Crippen LogP contribution in [0.15, 0.2) is 48.0 Å². The Labute approximate surface area is 209 Å². The lowest BCUT2D eigenvalue weighted by atomic mass is 9.94. The number of hydrogen-bond donors (Lipinski definition) is 1. The van der Waals surface area contributed by atoms with Crippen molar-refractivity contribution in [2.24, 2.45) is 5.92 Å². The Morgan fingerprint density at radius 1 is 1.06 bits per heavy atom. The molecule has 0 aliphatic carbocycles. The van der Waals surface area contributed by atoms with Gasteiger partial charge in [-0.2, -0.15) is 0 Å². The van der Waals surface area contributed by atoms with Crippen molar-refractivity contribution in [3.8, 4) is 5.75 Å². The van der Waals surface area contributed by atoms with Crippen molar-refractivity contribution in [2.45, 2.75) is 47.6 Å². The quantitative estimate of drug-likeness (QED) is 0.292. The molecule has 6 heteroatoms. The Morgan fingerprint density at radius 3 is 2.29 bits per heavy atom. The number of aliphatic hydroxyl groups excluding tert-OH is 1. The molecule has 1 atom stereocenters. The Hall–Kier alpha value is -3.12. The highest BCUT2D eigenvalue weighted by Crippen LogP contribution is 2.39. The molecule has 1 N–H and O–H groups in total. The zero-order valence-corrected chi connectivity index (χ0v) is 21.8. The Morgan fingerprint density at radius 2 is 1.71 bits per heavy atom. The van der Waals surface area contributed by atoms with Gasteiger partial charge in [-0.05, 0) is 62.2 Å². The monoisotopic (exact) mass is 478 g/mol. The summed E-state index contributed by atoms with van der Waals surface area (Å²) in [5.74, 6) is -0.240. The largest absolute Gasteiger partial charge is 0.507 e. The lowest BCUT2D eigenvalue weighted by molar-refractivity contribution is -0.140. The minimum absolute atomic E-state index is 0.133. The van der Waals surface area contributed by atoms with Crippen LogP contribution in [0.1, 0.15) is 56.0 Å². The van der Waals surface area contributed by atoms with Crippen molar-refractivity contribution in [2.75, 3.05) is 32.8 Å². The van der Waals surface area contributed by atoms with Crippen LogP contribution in [-0.2, 0) is 9.59 Å². The molecule has 2 aromatic carbocycles. The SMILES string of the molecule is CCN(CC)CCN1C(=O)C(=O)/C(=C(/O)c2ccc(OCC(C)C)c(C)c2)[C@H]1c1ccc(C)cc1. The fourth-order valence-corrected chi connectivity index (χ4v) is 4.37. The van der Waals surface area contributed by atoms with Gasteiger partial charge in [-0.1, -0.05) is 57.5 Å². The van der Waals surface area contributed by atoms with Gasteiger partial charge in [-0.3, -0.25) is 9.59 Å². The minimum atomic E-state index is -0.648. The second kappa shape index (κ2) is 11.5. The van der Waals surface area contributed by atoms with E-state index in [9.17, 15) is 14.7 Å². The van der Waals surface area contributed by atoms with E-state index in [1.807, 2.05) is 44.2 Å². The molecule has 0 radical (unpaired) electrons. The first-order valence-electron chi connectivity index (χ1n) is 12.5.